The summed E-state index contributed by atoms with van der Waals surface area (Å²) in [7, 11) is 0. The molecule has 6 nitrogen and oxygen atoms in total. The summed E-state index contributed by atoms with van der Waals surface area (Å²) in [5.74, 6) is -1.27. The number of imide groups is 2. The highest BCUT2D eigenvalue weighted by molar-refractivity contribution is 6.31. The maximum atomic E-state index is 12.5. The lowest BCUT2D eigenvalue weighted by Gasteiger charge is -2.24. The van der Waals surface area contributed by atoms with Crippen LogP contribution in [0.15, 0.2) is 29.8 Å². The van der Waals surface area contributed by atoms with Gasteiger partial charge in [-0.15, -0.1) is 0 Å². The van der Waals surface area contributed by atoms with Gasteiger partial charge in [-0.25, -0.2) is 4.79 Å². The van der Waals surface area contributed by atoms with Crippen LogP contribution in [-0.2, 0) is 9.59 Å². The van der Waals surface area contributed by atoms with E-state index < -0.39 is 17.8 Å². The fourth-order valence-electron chi connectivity index (χ4n) is 3.19. The van der Waals surface area contributed by atoms with Crippen LogP contribution in [0.5, 0.6) is 0 Å². The van der Waals surface area contributed by atoms with Crippen LogP contribution >= 0.6 is 11.6 Å². The maximum absolute atomic E-state index is 12.5. The van der Waals surface area contributed by atoms with Crippen molar-refractivity contribution in [2.24, 2.45) is 0 Å². The van der Waals surface area contributed by atoms with Crippen LogP contribution in [-0.4, -0.2) is 33.9 Å². The average molecular weight is 386 g/mol. The summed E-state index contributed by atoms with van der Waals surface area (Å²) in [5.41, 5.74) is 4.35. The molecule has 1 aromatic carbocycles. The normalized spacial score (nSPS) is 16.3. The van der Waals surface area contributed by atoms with Crippen LogP contribution in [0.3, 0.4) is 0 Å². The van der Waals surface area contributed by atoms with Crippen molar-refractivity contribution in [3.63, 3.8) is 0 Å². The molecule has 0 aliphatic carbocycles. The predicted octanol–water partition coefficient (Wildman–Crippen LogP) is 3.54. The van der Waals surface area contributed by atoms with Crippen LogP contribution < -0.4 is 5.32 Å². The first kappa shape index (κ1) is 18.9. The van der Waals surface area contributed by atoms with Gasteiger partial charge in [-0.2, -0.15) is 0 Å². The van der Waals surface area contributed by atoms with E-state index in [0.717, 1.165) is 33.1 Å². The third-order valence-electron chi connectivity index (χ3n) is 4.69. The highest BCUT2D eigenvalue weighted by Gasteiger charge is 2.34. The second-order valence-electron chi connectivity index (χ2n) is 6.46. The van der Waals surface area contributed by atoms with E-state index in [9.17, 15) is 14.4 Å². The minimum Gasteiger partial charge on any atom is -0.318 e. The molecule has 0 unspecified atom stereocenters. The molecule has 27 heavy (non-hydrogen) atoms. The van der Waals surface area contributed by atoms with Gasteiger partial charge in [0.2, 0.25) is 0 Å². The Morgan fingerprint density at radius 1 is 1.11 bits per heavy atom. The van der Waals surface area contributed by atoms with Gasteiger partial charge in [0.15, 0.2) is 0 Å². The second-order valence-corrected chi connectivity index (χ2v) is 6.87. The number of barbiturate groups is 1. The van der Waals surface area contributed by atoms with Gasteiger partial charge in [0, 0.05) is 28.6 Å². The van der Waals surface area contributed by atoms with Crippen LogP contribution in [0.4, 0.5) is 4.79 Å². The number of rotatable bonds is 3. The maximum Gasteiger partial charge on any atom is 0.331 e. The van der Waals surface area contributed by atoms with Crippen molar-refractivity contribution < 1.29 is 14.4 Å². The Kier molecular flexibility index (Phi) is 4.93. The van der Waals surface area contributed by atoms with Crippen molar-refractivity contribution in [2.75, 3.05) is 6.54 Å². The molecule has 1 N–H and O–H groups in total. The topological polar surface area (TPSA) is 71.4 Å². The van der Waals surface area contributed by atoms with Crippen LogP contribution in [0.1, 0.15) is 29.4 Å². The number of hydrogen-bond donors (Lipinski definition) is 1. The summed E-state index contributed by atoms with van der Waals surface area (Å²) >= 11 is 6.25. The SMILES string of the molecule is CCN1C(=O)NC(=O)/C(=C\c2cc(C)n(-c3ccc(C)c(Cl)c3)c2C)C1=O. The molecular formula is C20H20ClN3O3. The zero-order valence-electron chi connectivity index (χ0n) is 15.6. The van der Waals surface area contributed by atoms with Gasteiger partial charge < -0.3 is 4.57 Å². The van der Waals surface area contributed by atoms with Crippen molar-refractivity contribution in [1.29, 1.82) is 0 Å². The van der Waals surface area contributed by atoms with E-state index in [0.29, 0.717) is 5.02 Å². The number of urea groups is 1. The largest absolute Gasteiger partial charge is 0.331 e. The summed E-state index contributed by atoms with van der Waals surface area (Å²) in [6.07, 6.45) is 1.53. The standard InChI is InChI=1S/C20H20ClN3O3/c1-5-23-19(26)16(18(25)22-20(23)27)9-14-8-12(3)24(13(14)4)15-7-6-11(2)17(21)10-15/h6-10H,5H2,1-4H3,(H,22,25,27)/b16-9+. The number of nitrogens with one attached hydrogen (secondary N) is 1. The van der Waals surface area contributed by atoms with E-state index >= 15 is 0 Å². The van der Waals surface area contributed by atoms with Gasteiger partial charge in [-0.3, -0.25) is 19.8 Å². The minimum atomic E-state index is -0.690. The van der Waals surface area contributed by atoms with Gasteiger partial charge in [-0.1, -0.05) is 17.7 Å². The summed E-state index contributed by atoms with van der Waals surface area (Å²) in [5, 5.41) is 2.87. The summed E-state index contributed by atoms with van der Waals surface area (Å²) in [4.78, 5) is 37.4. The molecule has 0 bridgehead atoms. The average Bonchev–Trinajstić information content (AvgIpc) is 2.88. The molecule has 140 valence electrons. The molecule has 1 aliphatic heterocycles. The van der Waals surface area contributed by atoms with E-state index in [1.54, 1.807) is 6.92 Å². The predicted molar refractivity (Wildman–Crippen MR) is 104 cm³/mol. The Hall–Kier alpha value is -2.86. The molecule has 1 fully saturated rings. The molecule has 2 heterocycles. The van der Waals surface area contributed by atoms with Gasteiger partial charge >= 0.3 is 6.03 Å². The number of hydrogen-bond acceptors (Lipinski definition) is 3. The zero-order chi connectivity index (χ0) is 19.9. The fourth-order valence-corrected chi connectivity index (χ4v) is 3.36. The van der Waals surface area contributed by atoms with Crippen molar-refractivity contribution >= 4 is 35.5 Å². The highest BCUT2D eigenvalue weighted by Crippen LogP contribution is 2.26. The number of aryl methyl sites for hydroxylation is 2. The minimum absolute atomic E-state index is 0.0568. The van der Waals surface area contributed by atoms with E-state index in [4.69, 9.17) is 11.6 Å². The summed E-state index contributed by atoms with van der Waals surface area (Å²) in [6.45, 7) is 7.65. The first-order chi connectivity index (χ1) is 12.7. The monoisotopic (exact) mass is 385 g/mol. The number of carbonyl (C=O) groups is 3. The number of likely N-dealkylation sites (N-methyl/N-ethyl adjacent to an activating group) is 1. The van der Waals surface area contributed by atoms with E-state index in [-0.39, 0.29) is 12.1 Å². The molecule has 0 spiro atoms. The number of aromatic nitrogens is 1. The number of nitrogens with zero attached hydrogens (tertiary/aromatic N) is 2. The lowest BCUT2D eigenvalue weighted by Crippen LogP contribution is -2.53. The number of halogens is 1. The van der Waals surface area contributed by atoms with Crippen molar-refractivity contribution in [3.8, 4) is 5.69 Å². The Labute approximate surface area is 162 Å². The molecule has 4 amide bonds. The molecule has 0 saturated carbocycles. The van der Waals surface area contributed by atoms with E-state index in [1.807, 2.05) is 49.6 Å². The number of carbonyl (C=O) groups excluding carboxylic acids is 3. The Morgan fingerprint density at radius 2 is 1.81 bits per heavy atom. The first-order valence-electron chi connectivity index (χ1n) is 8.59. The molecule has 0 radical (unpaired) electrons. The Bertz CT molecular complexity index is 1000. The first-order valence-corrected chi connectivity index (χ1v) is 8.96. The summed E-state index contributed by atoms with van der Waals surface area (Å²) in [6, 6.07) is 6.99. The zero-order valence-corrected chi connectivity index (χ0v) is 16.3. The molecule has 3 rings (SSSR count). The molecule has 2 aromatic rings. The van der Waals surface area contributed by atoms with E-state index in [2.05, 4.69) is 5.32 Å². The molecular weight excluding hydrogens is 366 g/mol. The van der Waals surface area contributed by atoms with Crippen LogP contribution in [0.25, 0.3) is 11.8 Å². The fraction of sp³-hybridized carbons (Fsp3) is 0.250. The molecule has 1 aromatic heterocycles. The molecule has 1 aliphatic rings. The Morgan fingerprint density at radius 3 is 2.44 bits per heavy atom. The van der Waals surface area contributed by atoms with Crippen LogP contribution in [0.2, 0.25) is 5.02 Å². The molecule has 0 atom stereocenters. The molecule has 1 saturated heterocycles. The Balaban J connectivity index is 2.07. The van der Waals surface area contributed by atoms with Gasteiger partial charge in [0.25, 0.3) is 11.8 Å². The van der Waals surface area contributed by atoms with Gasteiger partial charge in [-0.05, 0) is 63.1 Å². The lowest BCUT2D eigenvalue weighted by molar-refractivity contribution is -0.129. The third-order valence-corrected chi connectivity index (χ3v) is 5.09. The smallest absolute Gasteiger partial charge is 0.318 e. The van der Waals surface area contributed by atoms with Crippen molar-refractivity contribution in [2.45, 2.75) is 27.7 Å². The third kappa shape index (κ3) is 3.28. The second kappa shape index (κ2) is 7.04. The number of amides is 4. The molecule has 7 heteroatoms. The van der Waals surface area contributed by atoms with Gasteiger partial charge in [0.05, 0.1) is 0 Å². The van der Waals surface area contributed by atoms with E-state index in [1.165, 1.54) is 6.08 Å². The quantitative estimate of drug-likeness (QED) is 0.648. The van der Waals surface area contributed by atoms with Crippen LogP contribution in [0, 0.1) is 20.8 Å². The van der Waals surface area contributed by atoms with Crippen molar-refractivity contribution in [3.05, 3.63) is 57.4 Å². The van der Waals surface area contributed by atoms with Gasteiger partial charge in [0.1, 0.15) is 5.57 Å². The lowest BCUT2D eigenvalue weighted by atomic mass is 10.1. The summed E-state index contributed by atoms with van der Waals surface area (Å²) < 4.78 is 2.01. The van der Waals surface area contributed by atoms with Crippen molar-refractivity contribution in [1.82, 2.24) is 14.8 Å². The number of benzene rings is 1. The highest BCUT2D eigenvalue weighted by atomic mass is 35.5.